The maximum Gasteiger partial charge on any atom is 0.326 e. The largest absolute Gasteiger partial charge is 0.483 e. The van der Waals surface area contributed by atoms with Crippen LogP contribution in [-0.2, 0) is 9.59 Å². The van der Waals surface area contributed by atoms with Gasteiger partial charge in [0, 0.05) is 6.42 Å². The van der Waals surface area contributed by atoms with E-state index in [-0.39, 0.29) is 5.92 Å². The van der Waals surface area contributed by atoms with Crippen molar-refractivity contribution in [2.45, 2.75) is 45.1 Å². The Hall–Kier alpha value is -2.18. The summed E-state index contributed by atoms with van der Waals surface area (Å²) in [6, 6.07) is 5.59. The predicted molar refractivity (Wildman–Crippen MR) is 80.8 cm³/mol. The lowest BCUT2D eigenvalue weighted by Gasteiger charge is -2.17. The van der Waals surface area contributed by atoms with E-state index in [0.29, 0.717) is 5.75 Å². The van der Waals surface area contributed by atoms with Crippen molar-refractivity contribution in [3.05, 3.63) is 29.8 Å². The molecule has 0 saturated heterocycles. The minimum absolute atomic E-state index is 0.236. The second kappa shape index (κ2) is 9.07. The predicted octanol–water partition coefficient (Wildman–Crippen LogP) is 2.80. The van der Waals surface area contributed by atoms with Gasteiger partial charge in [0.05, 0.1) is 0 Å². The van der Waals surface area contributed by atoms with Crippen LogP contribution in [0.2, 0.25) is 0 Å². The number of ether oxygens (including phenoxy) is 1. The zero-order valence-electron chi connectivity index (χ0n) is 13.1. The van der Waals surface area contributed by atoms with Crippen LogP contribution in [-0.4, -0.2) is 36.1 Å². The zero-order chi connectivity index (χ0) is 17.4. The molecule has 2 unspecified atom stereocenters. The summed E-state index contributed by atoms with van der Waals surface area (Å²) in [5.41, 5.74) is 0.935. The van der Waals surface area contributed by atoms with Crippen LogP contribution in [0.15, 0.2) is 24.3 Å². The molecule has 1 rings (SSSR count). The van der Waals surface area contributed by atoms with Crippen molar-refractivity contribution < 1.29 is 28.2 Å². The summed E-state index contributed by atoms with van der Waals surface area (Å²) < 4.78 is 30.0. The Morgan fingerprint density at radius 2 is 1.96 bits per heavy atom. The fraction of sp³-hybridized carbons (Fsp3) is 0.500. The van der Waals surface area contributed by atoms with E-state index in [9.17, 15) is 18.4 Å². The van der Waals surface area contributed by atoms with Gasteiger partial charge in [-0.15, -0.1) is 0 Å². The molecule has 0 bridgehead atoms. The minimum atomic E-state index is -2.82. The molecular weight excluding hydrogens is 308 g/mol. The standard InChI is InChI=1S/C16H21F2NO4/c1-3-10(2)11-6-4-5-7-13(11)23-9-15(20)19-12(16(21)22)8-14(17)18/h4-7,10,12,14H,3,8-9H2,1-2H3,(H,19,20)(H,21,22). The molecule has 23 heavy (non-hydrogen) atoms. The number of carbonyl (C=O) groups excluding carboxylic acids is 1. The molecule has 0 fully saturated rings. The fourth-order valence-corrected chi connectivity index (χ4v) is 2.02. The van der Waals surface area contributed by atoms with Crippen molar-refractivity contribution in [3.63, 3.8) is 0 Å². The van der Waals surface area contributed by atoms with Crippen LogP contribution in [0.25, 0.3) is 0 Å². The van der Waals surface area contributed by atoms with E-state index < -0.39 is 37.4 Å². The van der Waals surface area contributed by atoms with Gasteiger partial charge in [0.25, 0.3) is 5.91 Å². The highest BCUT2D eigenvalue weighted by atomic mass is 19.3. The highest BCUT2D eigenvalue weighted by molar-refractivity contribution is 5.84. The van der Waals surface area contributed by atoms with Crippen molar-refractivity contribution in [1.29, 1.82) is 0 Å². The molecule has 0 aliphatic carbocycles. The lowest BCUT2D eigenvalue weighted by molar-refractivity contribution is -0.143. The Morgan fingerprint density at radius 3 is 2.52 bits per heavy atom. The number of aliphatic carboxylic acids is 1. The first-order valence-corrected chi connectivity index (χ1v) is 7.37. The summed E-state index contributed by atoms with van der Waals surface area (Å²) in [6.07, 6.45) is -2.87. The van der Waals surface area contributed by atoms with Gasteiger partial charge in [-0.1, -0.05) is 32.0 Å². The second-order valence-corrected chi connectivity index (χ2v) is 5.22. The number of amides is 1. The number of carboxylic acids is 1. The molecule has 1 aromatic rings. The number of carbonyl (C=O) groups is 2. The van der Waals surface area contributed by atoms with Gasteiger partial charge in [0.1, 0.15) is 11.8 Å². The number of hydrogen-bond donors (Lipinski definition) is 2. The third-order valence-corrected chi connectivity index (χ3v) is 3.47. The van der Waals surface area contributed by atoms with E-state index in [2.05, 4.69) is 0 Å². The Morgan fingerprint density at radius 1 is 1.30 bits per heavy atom. The maximum atomic E-state index is 12.3. The van der Waals surface area contributed by atoms with E-state index >= 15 is 0 Å². The summed E-state index contributed by atoms with van der Waals surface area (Å²) in [5, 5.41) is 10.9. The van der Waals surface area contributed by atoms with Gasteiger partial charge in [-0.05, 0) is 24.0 Å². The fourth-order valence-electron chi connectivity index (χ4n) is 2.02. The Labute approximate surface area is 133 Å². The number of alkyl halides is 2. The lowest BCUT2D eigenvalue weighted by atomic mass is 9.98. The smallest absolute Gasteiger partial charge is 0.326 e. The normalized spacial score (nSPS) is 13.4. The van der Waals surface area contributed by atoms with E-state index in [4.69, 9.17) is 9.84 Å². The molecule has 0 radical (unpaired) electrons. The third-order valence-electron chi connectivity index (χ3n) is 3.47. The molecule has 0 spiro atoms. The van der Waals surface area contributed by atoms with Crippen LogP contribution in [0.5, 0.6) is 5.75 Å². The number of nitrogens with one attached hydrogen (secondary N) is 1. The molecule has 0 aliphatic rings. The summed E-state index contributed by atoms with van der Waals surface area (Å²) >= 11 is 0. The van der Waals surface area contributed by atoms with Crippen LogP contribution in [0.1, 0.15) is 38.2 Å². The highest BCUT2D eigenvalue weighted by Crippen LogP contribution is 2.28. The van der Waals surface area contributed by atoms with Crippen LogP contribution in [0, 0.1) is 0 Å². The van der Waals surface area contributed by atoms with E-state index in [0.717, 1.165) is 12.0 Å². The summed E-state index contributed by atoms with van der Waals surface area (Å²) in [5.74, 6) is -1.49. The van der Waals surface area contributed by atoms with Gasteiger partial charge in [-0.25, -0.2) is 13.6 Å². The number of halogens is 2. The number of para-hydroxylation sites is 1. The van der Waals surface area contributed by atoms with Crippen LogP contribution in [0.3, 0.4) is 0 Å². The van der Waals surface area contributed by atoms with Crippen molar-refractivity contribution in [2.75, 3.05) is 6.61 Å². The topological polar surface area (TPSA) is 75.6 Å². The minimum Gasteiger partial charge on any atom is -0.483 e. The number of carboxylic acid groups (broad SMARTS) is 1. The third kappa shape index (κ3) is 6.22. The van der Waals surface area contributed by atoms with Gasteiger partial charge in [0.2, 0.25) is 6.43 Å². The Kier molecular flexibility index (Phi) is 7.44. The molecule has 1 amide bonds. The van der Waals surface area contributed by atoms with Gasteiger partial charge >= 0.3 is 5.97 Å². The number of benzene rings is 1. The van der Waals surface area contributed by atoms with Gasteiger partial charge in [0.15, 0.2) is 6.61 Å². The molecule has 0 aromatic heterocycles. The van der Waals surface area contributed by atoms with Crippen molar-refractivity contribution in [3.8, 4) is 5.75 Å². The molecule has 1 aromatic carbocycles. The lowest BCUT2D eigenvalue weighted by Crippen LogP contribution is -2.44. The SMILES string of the molecule is CCC(C)c1ccccc1OCC(=O)NC(CC(F)F)C(=O)O. The Balaban J connectivity index is 2.64. The molecule has 7 heteroatoms. The number of rotatable bonds is 9. The van der Waals surface area contributed by atoms with Crippen LogP contribution < -0.4 is 10.1 Å². The highest BCUT2D eigenvalue weighted by Gasteiger charge is 2.24. The first-order valence-electron chi connectivity index (χ1n) is 7.37. The number of hydrogen-bond acceptors (Lipinski definition) is 3. The molecule has 2 N–H and O–H groups in total. The average Bonchev–Trinajstić information content (AvgIpc) is 2.51. The quantitative estimate of drug-likeness (QED) is 0.730. The molecular formula is C16H21F2NO4. The van der Waals surface area contributed by atoms with Crippen molar-refractivity contribution in [1.82, 2.24) is 5.32 Å². The van der Waals surface area contributed by atoms with E-state index in [1.807, 2.05) is 31.3 Å². The van der Waals surface area contributed by atoms with Crippen molar-refractivity contribution >= 4 is 11.9 Å². The van der Waals surface area contributed by atoms with E-state index in [1.54, 1.807) is 12.1 Å². The molecule has 0 heterocycles. The molecule has 128 valence electrons. The zero-order valence-corrected chi connectivity index (χ0v) is 13.1. The molecule has 0 aliphatic heterocycles. The Bertz CT molecular complexity index is 537. The summed E-state index contributed by atoms with van der Waals surface area (Å²) in [7, 11) is 0. The van der Waals surface area contributed by atoms with Gasteiger partial charge < -0.3 is 15.2 Å². The summed E-state index contributed by atoms with van der Waals surface area (Å²) in [4.78, 5) is 22.6. The van der Waals surface area contributed by atoms with E-state index in [1.165, 1.54) is 0 Å². The van der Waals surface area contributed by atoms with Crippen molar-refractivity contribution in [2.24, 2.45) is 0 Å². The molecule has 5 nitrogen and oxygen atoms in total. The van der Waals surface area contributed by atoms with Crippen LogP contribution >= 0.6 is 0 Å². The first-order chi connectivity index (χ1) is 10.8. The maximum absolute atomic E-state index is 12.3. The molecule has 2 atom stereocenters. The second-order valence-electron chi connectivity index (χ2n) is 5.22. The van der Waals surface area contributed by atoms with Gasteiger partial charge in [-0.2, -0.15) is 0 Å². The van der Waals surface area contributed by atoms with Crippen LogP contribution in [0.4, 0.5) is 8.78 Å². The monoisotopic (exact) mass is 329 g/mol. The van der Waals surface area contributed by atoms with Gasteiger partial charge in [-0.3, -0.25) is 4.79 Å². The molecule has 0 saturated carbocycles. The average molecular weight is 329 g/mol. The summed E-state index contributed by atoms with van der Waals surface area (Å²) in [6.45, 7) is 3.61. The first kappa shape index (κ1) is 18.9.